The molecule has 5 heteroatoms. The number of hydrogen-bond donors (Lipinski definition) is 1. The molecule has 0 spiro atoms. The predicted molar refractivity (Wildman–Crippen MR) is 72.7 cm³/mol. The number of benzene rings is 1. The van der Waals surface area contributed by atoms with Crippen LogP contribution in [-0.2, 0) is 6.18 Å². The van der Waals surface area contributed by atoms with Crippen molar-refractivity contribution in [2.45, 2.75) is 43.9 Å². The highest BCUT2D eigenvalue weighted by Crippen LogP contribution is 2.31. The van der Waals surface area contributed by atoms with E-state index in [4.69, 9.17) is 0 Å². The summed E-state index contributed by atoms with van der Waals surface area (Å²) < 4.78 is 37.5. The summed E-state index contributed by atoms with van der Waals surface area (Å²) in [5.74, 6) is 0. The number of nitrogens with one attached hydrogen (secondary N) is 1. The minimum Gasteiger partial charge on any atom is -0.382 e. The van der Waals surface area contributed by atoms with Gasteiger partial charge in [-0.15, -0.1) is 0 Å². The van der Waals surface area contributed by atoms with Gasteiger partial charge in [-0.3, -0.25) is 0 Å². The molecular weight excluding hydrogens is 265 g/mol. The van der Waals surface area contributed by atoms with Gasteiger partial charge in [0.05, 0.1) is 5.56 Å². The van der Waals surface area contributed by atoms with Crippen molar-refractivity contribution < 1.29 is 13.2 Å². The van der Waals surface area contributed by atoms with Crippen LogP contribution in [0.1, 0.15) is 31.2 Å². The number of anilines is 1. The van der Waals surface area contributed by atoms with Gasteiger partial charge in [0.15, 0.2) is 0 Å². The lowest BCUT2D eigenvalue weighted by atomic mass is 9.97. The lowest BCUT2D eigenvalue weighted by Gasteiger charge is -2.35. The van der Waals surface area contributed by atoms with E-state index in [1.807, 2.05) is 0 Å². The Labute approximate surface area is 117 Å². The van der Waals surface area contributed by atoms with Crippen LogP contribution in [0.25, 0.3) is 0 Å². The fraction of sp³-hybridized carbons (Fsp3) is 0.600. The largest absolute Gasteiger partial charge is 0.416 e. The highest BCUT2D eigenvalue weighted by Gasteiger charge is 2.32. The van der Waals surface area contributed by atoms with Crippen LogP contribution < -0.4 is 5.32 Å². The van der Waals surface area contributed by atoms with Crippen molar-refractivity contribution in [3.8, 4) is 0 Å². The second-order valence-electron chi connectivity index (χ2n) is 5.77. The first-order valence-corrected chi connectivity index (χ1v) is 7.20. The van der Waals surface area contributed by atoms with Crippen LogP contribution in [0.15, 0.2) is 24.3 Å². The van der Waals surface area contributed by atoms with Gasteiger partial charge in [-0.1, -0.05) is 0 Å². The van der Waals surface area contributed by atoms with E-state index in [9.17, 15) is 13.2 Å². The molecule has 0 radical (unpaired) electrons. The monoisotopic (exact) mass is 284 g/mol. The van der Waals surface area contributed by atoms with Gasteiger partial charge in [-0.25, -0.2) is 0 Å². The quantitative estimate of drug-likeness (QED) is 0.890. The molecule has 0 bridgehead atoms. The number of halogens is 3. The third kappa shape index (κ3) is 2.92. The van der Waals surface area contributed by atoms with Crippen molar-refractivity contribution in [2.75, 3.05) is 18.4 Å². The van der Waals surface area contributed by atoms with Crippen molar-refractivity contribution in [2.24, 2.45) is 0 Å². The van der Waals surface area contributed by atoms with E-state index >= 15 is 0 Å². The van der Waals surface area contributed by atoms with Crippen LogP contribution in [0.4, 0.5) is 18.9 Å². The fourth-order valence-corrected chi connectivity index (χ4v) is 3.35. The maximum Gasteiger partial charge on any atom is 0.416 e. The van der Waals surface area contributed by atoms with Crippen LogP contribution in [0, 0.1) is 0 Å². The molecule has 2 unspecified atom stereocenters. The van der Waals surface area contributed by atoms with Gasteiger partial charge in [0.25, 0.3) is 0 Å². The molecular formula is C15H19F3N2. The third-order valence-corrected chi connectivity index (χ3v) is 4.40. The Balaban J connectivity index is 1.60. The van der Waals surface area contributed by atoms with Gasteiger partial charge in [-0.05, 0) is 56.5 Å². The van der Waals surface area contributed by atoms with E-state index in [0.717, 1.165) is 37.2 Å². The highest BCUT2D eigenvalue weighted by atomic mass is 19.4. The van der Waals surface area contributed by atoms with E-state index in [1.54, 1.807) is 0 Å². The zero-order chi connectivity index (χ0) is 14.2. The van der Waals surface area contributed by atoms with Gasteiger partial charge in [-0.2, -0.15) is 13.2 Å². The molecule has 110 valence electrons. The first-order chi connectivity index (χ1) is 9.52. The molecule has 0 aromatic heterocycles. The summed E-state index contributed by atoms with van der Waals surface area (Å²) in [7, 11) is 0. The molecule has 1 aromatic rings. The van der Waals surface area contributed by atoms with Gasteiger partial charge in [0, 0.05) is 24.3 Å². The number of fused-ring (bicyclic) bond motifs is 1. The van der Waals surface area contributed by atoms with Gasteiger partial charge >= 0.3 is 6.18 Å². The van der Waals surface area contributed by atoms with E-state index in [0.29, 0.717) is 12.1 Å². The zero-order valence-electron chi connectivity index (χ0n) is 11.3. The molecule has 2 atom stereocenters. The SMILES string of the molecule is FC(F)(F)c1ccc(NC2CCN3CCCC3C2)cc1. The Hall–Kier alpha value is -1.23. The topological polar surface area (TPSA) is 15.3 Å². The minimum absolute atomic E-state index is 0.381. The molecule has 2 saturated heterocycles. The Morgan fingerprint density at radius 3 is 2.50 bits per heavy atom. The molecule has 2 nitrogen and oxygen atoms in total. The Kier molecular flexibility index (Phi) is 3.63. The van der Waals surface area contributed by atoms with E-state index < -0.39 is 11.7 Å². The van der Waals surface area contributed by atoms with Crippen LogP contribution in [-0.4, -0.2) is 30.1 Å². The summed E-state index contributed by atoms with van der Waals surface area (Å²) in [6.45, 7) is 2.31. The van der Waals surface area contributed by atoms with Crippen molar-refractivity contribution in [3.63, 3.8) is 0 Å². The number of hydrogen-bond acceptors (Lipinski definition) is 2. The standard InChI is InChI=1S/C15H19F3N2/c16-15(17,18)11-3-5-12(6-4-11)19-13-7-9-20-8-1-2-14(20)10-13/h3-6,13-14,19H,1-2,7-10H2. The Morgan fingerprint density at radius 2 is 1.80 bits per heavy atom. The van der Waals surface area contributed by atoms with Crippen LogP contribution in [0.3, 0.4) is 0 Å². The average molecular weight is 284 g/mol. The first kappa shape index (κ1) is 13.7. The molecule has 2 aliphatic heterocycles. The van der Waals surface area contributed by atoms with E-state index in [1.165, 1.54) is 31.5 Å². The van der Waals surface area contributed by atoms with Gasteiger partial charge in [0.2, 0.25) is 0 Å². The zero-order valence-corrected chi connectivity index (χ0v) is 11.3. The minimum atomic E-state index is -4.26. The summed E-state index contributed by atoms with van der Waals surface area (Å²) in [4.78, 5) is 2.53. The Bertz CT molecular complexity index is 455. The molecule has 1 aromatic carbocycles. The first-order valence-electron chi connectivity index (χ1n) is 7.20. The van der Waals surface area contributed by atoms with Crippen molar-refractivity contribution >= 4 is 5.69 Å². The van der Waals surface area contributed by atoms with E-state index in [-0.39, 0.29) is 0 Å². The third-order valence-electron chi connectivity index (χ3n) is 4.40. The molecule has 1 N–H and O–H groups in total. The summed E-state index contributed by atoms with van der Waals surface area (Å²) in [5.41, 5.74) is 0.197. The predicted octanol–water partition coefficient (Wildman–Crippen LogP) is 3.74. The smallest absolute Gasteiger partial charge is 0.382 e. The lowest BCUT2D eigenvalue weighted by molar-refractivity contribution is -0.137. The normalized spacial score (nSPS) is 27.4. The Morgan fingerprint density at radius 1 is 1.05 bits per heavy atom. The maximum absolute atomic E-state index is 12.5. The van der Waals surface area contributed by atoms with Gasteiger partial charge < -0.3 is 10.2 Å². The summed E-state index contributed by atoms with van der Waals surface area (Å²) in [6.07, 6.45) is 0.440. The van der Waals surface area contributed by atoms with Gasteiger partial charge in [0.1, 0.15) is 0 Å². The van der Waals surface area contributed by atoms with Crippen molar-refractivity contribution in [1.29, 1.82) is 0 Å². The summed E-state index contributed by atoms with van der Waals surface area (Å²) >= 11 is 0. The molecule has 2 heterocycles. The number of nitrogens with zero attached hydrogens (tertiary/aromatic N) is 1. The maximum atomic E-state index is 12.5. The number of alkyl halides is 3. The molecule has 0 aliphatic carbocycles. The highest BCUT2D eigenvalue weighted by molar-refractivity contribution is 5.46. The second-order valence-corrected chi connectivity index (χ2v) is 5.77. The molecule has 20 heavy (non-hydrogen) atoms. The summed E-state index contributed by atoms with van der Waals surface area (Å²) in [5, 5.41) is 3.38. The average Bonchev–Trinajstić information content (AvgIpc) is 2.86. The second kappa shape index (κ2) is 5.28. The number of rotatable bonds is 2. The van der Waals surface area contributed by atoms with Crippen LogP contribution in [0.2, 0.25) is 0 Å². The summed E-state index contributed by atoms with van der Waals surface area (Å²) in [6, 6.07) is 6.40. The molecule has 0 amide bonds. The van der Waals surface area contributed by atoms with Crippen LogP contribution >= 0.6 is 0 Å². The number of piperidine rings is 1. The molecule has 3 rings (SSSR count). The van der Waals surface area contributed by atoms with Crippen molar-refractivity contribution in [3.05, 3.63) is 29.8 Å². The molecule has 0 saturated carbocycles. The molecule has 2 aliphatic rings. The lowest BCUT2D eigenvalue weighted by Crippen LogP contribution is -2.42. The van der Waals surface area contributed by atoms with Crippen molar-refractivity contribution in [1.82, 2.24) is 4.90 Å². The fourth-order valence-electron chi connectivity index (χ4n) is 3.35. The van der Waals surface area contributed by atoms with E-state index in [2.05, 4.69) is 10.2 Å². The molecule has 2 fully saturated rings. The van der Waals surface area contributed by atoms with Crippen LogP contribution in [0.5, 0.6) is 0 Å².